The first-order valence-corrected chi connectivity index (χ1v) is 7.49. The molecule has 0 saturated carbocycles. The van der Waals surface area contributed by atoms with E-state index >= 15 is 0 Å². The van der Waals surface area contributed by atoms with E-state index in [4.69, 9.17) is 0 Å². The molecule has 0 bridgehead atoms. The molecular formula is C18H31N. The predicted octanol–water partition coefficient (Wildman–Crippen LogP) is 5.24. The van der Waals surface area contributed by atoms with Crippen LogP contribution in [0.1, 0.15) is 83.0 Å². The average Bonchev–Trinajstić information content (AvgIpc) is 2.27. The van der Waals surface area contributed by atoms with Gasteiger partial charge in [0.2, 0.25) is 0 Å². The smallest absolute Gasteiger partial charge is 0.0369 e. The van der Waals surface area contributed by atoms with E-state index in [0.717, 1.165) is 0 Å². The van der Waals surface area contributed by atoms with E-state index in [1.54, 1.807) is 0 Å². The molecule has 0 aromatic heterocycles. The van der Waals surface area contributed by atoms with E-state index in [0.29, 0.717) is 17.9 Å². The van der Waals surface area contributed by atoms with Crippen molar-refractivity contribution in [3.8, 4) is 0 Å². The molecule has 1 N–H and O–H groups in total. The highest BCUT2D eigenvalue weighted by Crippen LogP contribution is 2.37. The van der Waals surface area contributed by atoms with Crippen LogP contribution in [0.5, 0.6) is 0 Å². The minimum Gasteiger partial charge on any atom is -0.313 e. The van der Waals surface area contributed by atoms with Gasteiger partial charge in [-0.3, -0.25) is 0 Å². The monoisotopic (exact) mass is 261 g/mol. The third-order valence-electron chi connectivity index (χ3n) is 3.87. The van der Waals surface area contributed by atoms with E-state index in [9.17, 15) is 0 Å². The van der Waals surface area contributed by atoms with Crippen molar-refractivity contribution in [2.75, 3.05) is 7.05 Å². The SMILES string of the molecule is CNC(c1ccc(C(C)C)cc1C(C)C)C(C)(C)C. The first-order valence-electron chi connectivity index (χ1n) is 7.49. The van der Waals surface area contributed by atoms with E-state index in [-0.39, 0.29) is 5.41 Å². The van der Waals surface area contributed by atoms with Gasteiger partial charge in [-0.15, -0.1) is 0 Å². The summed E-state index contributed by atoms with van der Waals surface area (Å²) >= 11 is 0. The molecule has 0 spiro atoms. The van der Waals surface area contributed by atoms with E-state index in [1.807, 2.05) is 0 Å². The van der Waals surface area contributed by atoms with Crippen molar-refractivity contribution in [2.45, 2.75) is 66.3 Å². The van der Waals surface area contributed by atoms with Crippen LogP contribution in [-0.4, -0.2) is 7.05 Å². The van der Waals surface area contributed by atoms with E-state index in [1.165, 1.54) is 16.7 Å². The molecule has 0 saturated heterocycles. The third-order valence-corrected chi connectivity index (χ3v) is 3.87. The zero-order valence-electron chi connectivity index (χ0n) is 14.0. The number of hydrogen-bond acceptors (Lipinski definition) is 1. The topological polar surface area (TPSA) is 12.0 Å². The summed E-state index contributed by atoms with van der Waals surface area (Å²) in [4.78, 5) is 0. The lowest BCUT2D eigenvalue weighted by atomic mass is 9.78. The predicted molar refractivity (Wildman–Crippen MR) is 85.9 cm³/mol. The van der Waals surface area contributed by atoms with Crippen molar-refractivity contribution in [3.63, 3.8) is 0 Å². The molecular weight excluding hydrogens is 230 g/mol. The summed E-state index contributed by atoms with van der Waals surface area (Å²) in [6.07, 6.45) is 0. The second-order valence-electron chi connectivity index (χ2n) is 7.29. The van der Waals surface area contributed by atoms with Gasteiger partial charge in [-0.25, -0.2) is 0 Å². The molecule has 0 fully saturated rings. The highest BCUT2D eigenvalue weighted by atomic mass is 14.9. The van der Waals surface area contributed by atoms with Crippen molar-refractivity contribution in [1.29, 1.82) is 0 Å². The first-order chi connectivity index (χ1) is 8.68. The van der Waals surface area contributed by atoms with Crippen LogP contribution in [-0.2, 0) is 0 Å². The zero-order valence-corrected chi connectivity index (χ0v) is 14.0. The molecule has 1 nitrogen and oxygen atoms in total. The Morgan fingerprint density at radius 1 is 0.895 bits per heavy atom. The van der Waals surface area contributed by atoms with Crippen LogP contribution in [0.2, 0.25) is 0 Å². The average molecular weight is 261 g/mol. The Morgan fingerprint density at radius 2 is 1.47 bits per heavy atom. The van der Waals surface area contributed by atoms with Gasteiger partial charge in [0.05, 0.1) is 0 Å². The molecule has 1 aromatic carbocycles. The fourth-order valence-corrected chi connectivity index (χ4v) is 2.77. The Labute approximate surface area is 119 Å². The Bertz CT molecular complexity index is 410. The molecule has 108 valence electrons. The summed E-state index contributed by atoms with van der Waals surface area (Å²) in [5.41, 5.74) is 4.60. The van der Waals surface area contributed by atoms with Crippen molar-refractivity contribution in [1.82, 2.24) is 5.32 Å². The van der Waals surface area contributed by atoms with E-state index < -0.39 is 0 Å². The fraction of sp³-hybridized carbons (Fsp3) is 0.667. The van der Waals surface area contributed by atoms with Gasteiger partial charge < -0.3 is 5.32 Å². The number of hydrogen-bond donors (Lipinski definition) is 1. The first kappa shape index (κ1) is 16.2. The molecule has 1 aromatic rings. The molecule has 1 heteroatoms. The van der Waals surface area contributed by atoms with Gasteiger partial charge in [0.15, 0.2) is 0 Å². The molecule has 1 unspecified atom stereocenters. The summed E-state index contributed by atoms with van der Waals surface area (Å²) in [5.74, 6) is 1.15. The minimum absolute atomic E-state index is 0.220. The maximum absolute atomic E-state index is 3.50. The molecule has 1 atom stereocenters. The minimum atomic E-state index is 0.220. The molecule has 1 rings (SSSR count). The summed E-state index contributed by atoms with van der Waals surface area (Å²) in [6, 6.07) is 7.42. The Morgan fingerprint density at radius 3 is 1.84 bits per heavy atom. The second-order valence-corrected chi connectivity index (χ2v) is 7.29. The number of benzene rings is 1. The van der Waals surface area contributed by atoms with Crippen LogP contribution in [0.3, 0.4) is 0 Å². The maximum atomic E-state index is 3.50. The third kappa shape index (κ3) is 3.82. The Hall–Kier alpha value is -0.820. The van der Waals surface area contributed by atoms with Gasteiger partial charge in [0.25, 0.3) is 0 Å². The lowest BCUT2D eigenvalue weighted by molar-refractivity contribution is 0.285. The summed E-state index contributed by atoms with van der Waals surface area (Å²) < 4.78 is 0. The summed E-state index contributed by atoms with van der Waals surface area (Å²) in [7, 11) is 2.07. The molecule has 0 heterocycles. The highest BCUT2D eigenvalue weighted by molar-refractivity contribution is 5.38. The highest BCUT2D eigenvalue weighted by Gasteiger charge is 2.27. The van der Waals surface area contributed by atoms with E-state index in [2.05, 4.69) is 79.0 Å². The normalized spacial score (nSPS) is 14.2. The Balaban J connectivity index is 3.34. The molecule has 0 aliphatic heterocycles. The summed E-state index contributed by atoms with van der Waals surface area (Å²) in [5, 5.41) is 3.50. The largest absolute Gasteiger partial charge is 0.313 e. The van der Waals surface area contributed by atoms with Crippen molar-refractivity contribution < 1.29 is 0 Å². The van der Waals surface area contributed by atoms with Crippen LogP contribution >= 0.6 is 0 Å². The molecule has 0 aliphatic rings. The van der Waals surface area contributed by atoms with Gasteiger partial charge >= 0.3 is 0 Å². The van der Waals surface area contributed by atoms with Gasteiger partial charge in [-0.2, -0.15) is 0 Å². The maximum Gasteiger partial charge on any atom is 0.0369 e. The van der Waals surface area contributed by atoms with Crippen LogP contribution in [0, 0.1) is 5.41 Å². The van der Waals surface area contributed by atoms with Crippen molar-refractivity contribution >= 4 is 0 Å². The van der Waals surface area contributed by atoms with Gasteiger partial charge in [0, 0.05) is 6.04 Å². The van der Waals surface area contributed by atoms with Crippen LogP contribution < -0.4 is 5.32 Å². The van der Waals surface area contributed by atoms with Crippen LogP contribution in [0.15, 0.2) is 18.2 Å². The second kappa shape index (κ2) is 6.09. The van der Waals surface area contributed by atoms with Gasteiger partial charge in [-0.05, 0) is 41.0 Å². The Kier molecular flexibility index (Phi) is 5.20. The molecule has 0 radical (unpaired) electrons. The van der Waals surface area contributed by atoms with Gasteiger partial charge in [0.1, 0.15) is 0 Å². The lowest BCUT2D eigenvalue weighted by Crippen LogP contribution is -2.30. The van der Waals surface area contributed by atoms with Crippen LogP contribution in [0.4, 0.5) is 0 Å². The fourth-order valence-electron chi connectivity index (χ4n) is 2.77. The van der Waals surface area contributed by atoms with Crippen molar-refractivity contribution in [3.05, 3.63) is 34.9 Å². The van der Waals surface area contributed by atoms with Gasteiger partial charge in [-0.1, -0.05) is 66.7 Å². The standard InChI is InChI=1S/C18H31N/c1-12(2)14-9-10-15(16(11-14)13(3)4)17(19-8)18(5,6)7/h9-13,17,19H,1-8H3. The zero-order chi connectivity index (χ0) is 14.8. The van der Waals surface area contributed by atoms with Crippen molar-refractivity contribution in [2.24, 2.45) is 5.41 Å². The summed E-state index contributed by atoms with van der Waals surface area (Å²) in [6.45, 7) is 16.0. The molecule has 19 heavy (non-hydrogen) atoms. The lowest BCUT2D eigenvalue weighted by Gasteiger charge is -2.33. The number of rotatable bonds is 4. The number of nitrogens with one attached hydrogen (secondary N) is 1. The quantitative estimate of drug-likeness (QED) is 0.781. The molecule has 0 aliphatic carbocycles. The molecule has 0 amide bonds. The van der Waals surface area contributed by atoms with Crippen LogP contribution in [0.25, 0.3) is 0 Å².